The third-order valence-electron chi connectivity index (χ3n) is 5.19. The molecule has 0 radical (unpaired) electrons. The maximum absolute atomic E-state index is 13.2. The maximum Gasteiger partial charge on any atom is 0.422 e. The molecule has 33 heavy (non-hydrogen) atoms. The molecule has 1 unspecified atom stereocenters. The van der Waals surface area contributed by atoms with Crippen molar-refractivity contribution in [1.29, 1.82) is 0 Å². The van der Waals surface area contributed by atoms with Crippen LogP contribution in [0.2, 0.25) is 0 Å². The molecule has 2 fully saturated rings. The van der Waals surface area contributed by atoms with Crippen LogP contribution in [0.25, 0.3) is 0 Å². The van der Waals surface area contributed by atoms with Crippen molar-refractivity contribution in [2.75, 3.05) is 31.1 Å². The Labute approximate surface area is 197 Å². The van der Waals surface area contributed by atoms with Gasteiger partial charge in [0.15, 0.2) is 10.2 Å². The summed E-state index contributed by atoms with van der Waals surface area (Å²) in [5.74, 6) is -0.667. The molecule has 1 atom stereocenters. The SMILES string of the molecule is CC(=O)SC1CN(c2nc(C(=O)N(C(=O)OC(c3ccccc3)[N+](=O)[O-])C3CNC3)cs2)C1. The van der Waals surface area contributed by atoms with E-state index in [0.717, 1.165) is 4.90 Å². The van der Waals surface area contributed by atoms with Gasteiger partial charge in [0.2, 0.25) is 0 Å². The van der Waals surface area contributed by atoms with Crippen LogP contribution in [0.4, 0.5) is 9.93 Å². The highest BCUT2D eigenvalue weighted by Crippen LogP contribution is 2.31. The number of imide groups is 1. The third-order valence-corrected chi connectivity index (χ3v) is 7.06. The lowest BCUT2D eigenvalue weighted by Crippen LogP contribution is -2.61. The summed E-state index contributed by atoms with van der Waals surface area (Å²) in [5.41, 5.74) is 0.264. The van der Waals surface area contributed by atoms with Crippen LogP contribution in [0.1, 0.15) is 29.2 Å². The van der Waals surface area contributed by atoms with Crippen LogP contribution in [-0.4, -0.2) is 69.4 Å². The number of thioether (sulfide) groups is 1. The number of nitro groups is 1. The molecule has 3 heterocycles. The number of hydrogen-bond acceptors (Lipinski definition) is 11. The summed E-state index contributed by atoms with van der Waals surface area (Å²) in [6.45, 7) is 3.54. The van der Waals surface area contributed by atoms with Gasteiger partial charge in [0, 0.05) is 43.7 Å². The second-order valence-electron chi connectivity index (χ2n) is 7.57. The Hall–Kier alpha value is -3.03. The number of rotatable bonds is 7. The van der Waals surface area contributed by atoms with E-state index in [2.05, 4.69) is 10.3 Å². The third kappa shape index (κ3) is 5.15. The van der Waals surface area contributed by atoms with Crippen molar-refractivity contribution < 1.29 is 24.0 Å². The number of anilines is 1. The molecular weight excluding hydrogens is 470 g/mol. The van der Waals surface area contributed by atoms with E-state index in [1.165, 1.54) is 42.2 Å². The summed E-state index contributed by atoms with van der Waals surface area (Å²) in [6, 6.07) is 7.37. The summed E-state index contributed by atoms with van der Waals surface area (Å²) < 4.78 is 5.17. The Morgan fingerprint density at radius 3 is 2.58 bits per heavy atom. The second-order valence-corrected chi connectivity index (χ2v) is 9.88. The van der Waals surface area contributed by atoms with Crippen molar-refractivity contribution in [3.63, 3.8) is 0 Å². The van der Waals surface area contributed by atoms with Gasteiger partial charge in [-0.2, -0.15) is 0 Å². The zero-order valence-corrected chi connectivity index (χ0v) is 19.2. The summed E-state index contributed by atoms with van der Waals surface area (Å²) in [5, 5.41) is 16.9. The van der Waals surface area contributed by atoms with E-state index in [1.54, 1.807) is 23.6 Å². The number of nitrogens with zero attached hydrogens (tertiary/aromatic N) is 4. The molecule has 1 N–H and O–H groups in total. The molecule has 0 saturated carbocycles. The highest BCUT2D eigenvalue weighted by molar-refractivity contribution is 8.14. The van der Waals surface area contributed by atoms with Gasteiger partial charge in [0.25, 0.3) is 5.91 Å². The van der Waals surface area contributed by atoms with Gasteiger partial charge in [-0.3, -0.25) is 19.7 Å². The molecule has 13 heteroatoms. The monoisotopic (exact) mass is 491 g/mol. The first-order valence-electron chi connectivity index (χ1n) is 10.1. The van der Waals surface area contributed by atoms with Crippen molar-refractivity contribution in [2.45, 2.75) is 24.4 Å². The molecule has 2 aliphatic rings. The minimum atomic E-state index is -1.73. The number of benzene rings is 1. The largest absolute Gasteiger partial charge is 0.422 e. The van der Waals surface area contributed by atoms with E-state index in [4.69, 9.17) is 4.74 Å². The van der Waals surface area contributed by atoms with Crippen molar-refractivity contribution in [1.82, 2.24) is 15.2 Å². The molecule has 2 amide bonds. The Morgan fingerprint density at radius 1 is 1.30 bits per heavy atom. The summed E-state index contributed by atoms with van der Waals surface area (Å²) in [4.78, 5) is 55.3. The lowest BCUT2D eigenvalue weighted by atomic mass is 10.1. The summed E-state index contributed by atoms with van der Waals surface area (Å²) in [6.07, 6.45) is -2.82. The predicted molar refractivity (Wildman–Crippen MR) is 122 cm³/mol. The van der Waals surface area contributed by atoms with Crippen LogP contribution < -0.4 is 10.2 Å². The van der Waals surface area contributed by atoms with Crippen molar-refractivity contribution >= 4 is 45.3 Å². The Balaban J connectivity index is 1.47. The van der Waals surface area contributed by atoms with Crippen LogP contribution >= 0.6 is 23.1 Å². The zero-order chi connectivity index (χ0) is 23.5. The van der Waals surface area contributed by atoms with Crippen LogP contribution in [-0.2, 0) is 9.53 Å². The normalized spacial score (nSPS) is 16.9. The van der Waals surface area contributed by atoms with E-state index in [9.17, 15) is 24.5 Å². The molecule has 174 valence electrons. The van der Waals surface area contributed by atoms with E-state index in [1.807, 2.05) is 4.90 Å². The molecule has 1 aromatic carbocycles. The molecule has 2 aliphatic heterocycles. The van der Waals surface area contributed by atoms with E-state index >= 15 is 0 Å². The number of thiazole rings is 1. The van der Waals surface area contributed by atoms with Crippen LogP contribution in [0.3, 0.4) is 0 Å². The fraction of sp³-hybridized carbons (Fsp3) is 0.400. The first kappa shape index (κ1) is 23.1. The standard InChI is InChI=1S/C20H21N5O6S2/c1-12(26)33-15-9-23(10-15)19-22-16(11-32-19)17(27)24(14-7-21-8-14)20(28)31-18(25(29)30)13-5-3-2-4-6-13/h2-6,11,14-15,18,21H,7-10H2,1H3. The lowest BCUT2D eigenvalue weighted by molar-refractivity contribution is -0.575. The molecule has 2 saturated heterocycles. The number of nitrogens with one attached hydrogen (secondary N) is 1. The number of aromatic nitrogens is 1. The Kier molecular flexibility index (Phi) is 6.91. The first-order valence-corrected chi connectivity index (χ1v) is 11.9. The van der Waals surface area contributed by atoms with Crippen LogP contribution in [0.5, 0.6) is 0 Å². The summed E-state index contributed by atoms with van der Waals surface area (Å²) >= 11 is 2.54. The highest BCUT2D eigenvalue weighted by Gasteiger charge is 2.40. The summed E-state index contributed by atoms with van der Waals surface area (Å²) in [7, 11) is 0. The van der Waals surface area contributed by atoms with Gasteiger partial charge in [-0.05, 0) is 12.1 Å². The van der Waals surface area contributed by atoms with E-state index in [-0.39, 0.29) is 21.6 Å². The first-order chi connectivity index (χ1) is 15.8. The molecule has 1 aromatic heterocycles. The van der Waals surface area contributed by atoms with Gasteiger partial charge in [-0.1, -0.05) is 30.0 Å². The number of carbonyl (C=O) groups is 3. The van der Waals surface area contributed by atoms with Crippen molar-refractivity contribution in [3.8, 4) is 0 Å². The van der Waals surface area contributed by atoms with Gasteiger partial charge in [-0.25, -0.2) is 14.7 Å². The average Bonchev–Trinajstić information content (AvgIpc) is 3.20. The van der Waals surface area contributed by atoms with Crippen molar-refractivity contribution in [2.24, 2.45) is 0 Å². The maximum atomic E-state index is 13.2. The Bertz CT molecular complexity index is 1050. The molecule has 4 rings (SSSR count). The molecule has 0 aliphatic carbocycles. The molecule has 2 aromatic rings. The zero-order valence-electron chi connectivity index (χ0n) is 17.6. The quantitative estimate of drug-likeness (QED) is 0.349. The molecule has 11 nitrogen and oxygen atoms in total. The van der Waals surface area contributed by atoms with Gasteiger partial charge in [0.05, 0.1) is 16.5 Å². The van der Waals surface area contributed by atoms with E-state index in [0.29, 0.717) is 31.3 Å². The smallest absolute Gasteiger partial charge is 0.377 e. The second kappa shape index (κ2) is 9.85. The van der Waals surface area contributed by atoms with Gasteiger partial charge in [-0.15, -0.1) is 11.3 Å². The Morgan fingerprint density at radius 2 is 2.00 bits per heavy atom. The number of ether oxygens (including phenoxy) is 1. The van der Waals surface area contributed by atoms with Gasteiger partial charge in [0.1, 0.15) is 5.69 Å². The predicted octanol–water partition coefficient (Wildman–Crippen LogP) is 2.14. The molecular formula is C20H21N5O6S2. The lowest BCUT2D eigenvalue weighted by Gasteiger charge is -2.38. The molecule has 0 spiro atoms. The van der Waals surface area contributed by atoms with Crippen molar-refractivity contribution in [3.05, 3.63) is 57.1 Å². The van der Waals surface area contributed by atoms with Gasteiger partial charge >= 0.3 is 12.3 Å². The number of hydrogen-bond donors (Lipinski definition) is 1. The highest BCUT2D eigenvalue weighted by atomic mass is 32.2. The van der Waals surface area contributed by atoms with Crippen LogP contribution in [0, 0.1) is 10.1 Å². The number of carbonyl (C=O) groups excluding carboxylic acids is 3. The fourth-order valence-corrected chi connectivity index (χ4v) is 5.19. The van der Waals surface area contributed by atoms with Crippen LogP contribution in [0.15, 0.2) is 35.7 Å². The topological polar surface area (TPSA) is 135 Å². The van der Waals surface area contributed by atoms with Gasteiger partial charge < -0.3 is 15.0 Å². The molecule has 0 bridgehead atoms. The minimum absolute atomic E-state index is 0.0569. The average molecular weight is 492 g/mol. The fourth-order valence-electron chi connectivity index (χ4n) is 3.39. The number of amides is 2. The minimum Gasteiger partial charge on any atom is -0.377 e. The van der Waals surface area contributed by atoms with E-state index < -0.39 is 29.2 Å².